The van der Waals surface area contributed by atoms with Gasteiger partial charge in [0.25, 0.3) is 5.91 Å². The summed E-state index contributed by atoms with van der Waals surface area (Å²) in [5.74, 6) is 0.225. The van der Waals surface area contributed by atoms with Crippen molar-refractivity contribution < 1.29 is 19.1 Å². The Balaban J connectivity index is 1.68. The highest BCUT2D eigenvalue weighted by Crippen LogP contribution is 2.29. The number of carbonyl (C=O) groups excluding carboxylic acids is 2. The number of benzene rings is 2. The van der Waals surface area contributed by atoms with E-state index >= 15 is 0 Å². The Morgan fingerprint density at radius 3 is 2.59 bits per heavy atom. The van der Waals surface area contributed by atoms with E-state index in [0.29, 0.717) is 11.4 Å². The quantitative estimate of drug-likeness (QED) is 0.631. The molecule has 0 saturated carbocycles. The van der Waals surface area contributed by atoms with E-state index in [-0.39, 0.29) is 6.42 Å². The summed E-state index contributed by atoms with van der Waals surface area (Å²) in [7, 11) is 0. The fraction of sp³-hybridized carbons (Fsp3) is 0.150. The van der Waals surface area contributed by atoms with Crippen LogP contribution >= 0.6 is 11.3 Å². The lowest BCUT2D eigenvalue weighted by atomic mass is 10.2. The van der Waals surface area contributed by atoms with Crippen molar-refractivity contribution in [1.29, 1.82) is 0 Å². The molecular formula is C20H18N2O4S. The highest BCUT2D eigenvalue weighted by Gasteiger charge is 2.16. The van der Waals surface area contributed by atoms with Gasteiger partial charge in [0, 0.05) is 10.9 Å². The van der Waals surface area contributed by atoms with Crippen LogP contribution in [0.2, 0.25) is 0 Å². The molecule has 0 aliphatic rings. The first kappa shape index (κ1) is 18.6. The topological polar surface area (TPSA) is 91.5 Å². The van der Waals surface area contributed by atoms with Crippen LogP contribution in [0.25, 0.3) is 10.6 Å². The molecule has 6 nitrogen and oxygen atoms in total. The van der Waals surface area contributed by atoms with Gasteiger partial charge in [-0.05, 0) is 31.2 Å². The number of amides is 1. The van der Waals surface area contributed by atoms with Gasteiger partial charge in [-0.2, -0.15) is 0 Å². The minimum absolute atomic E-state index is 0.0195. The third-order valence-corrected chi connectivity index (χ3v) is 4.59. The molecule has 1 aromatic heterocycles. The zero-order chi connectivity index (χ0) is 19.2. The van der Waals surface area contributed by atoms with Gasteiger partial charge >= 0.3 is 5.97 Å². The number of primary amides is 1. The molecule has 1 atom stereocenters. The molecule has 7 heteroatoms. The lowest BCUT2D eigenvalue weighted by Gasteiger charge is -2.08. The lowest BCUT2D eigenvalue weighted by Crippen LogP contribution is -2.30. The molecule has 3 rings (SSSR count). The fourth-order valence-electron chi connectivity index (χ4n) is 2.28. The molecular weight excluding hydrogens is 364 g/mol. The van der Waals surface area contributed by atoms with E-state index in [1.165, 1.54) is 18.3 Å². The van der Waals surface area contributed by atoms with E-state index in [1.54, 1.807) is 5.38 Å². The average molecular weight is 382 g/mol. The Morgan fingerprint density at radius 2 is 1.85 bits per heavy atom. The first-order valence-corrected chi connectivity index (χ1v) is 9.16. The lowest BCUT2D eigenvalue weighted by molar-refractivity contribution is -0.153. The van der Waals surface area contributed by atoms with E-state index in [0.717, 1.165) is 16.3 Å². The molecule has 0 unspecified atom stereocenters. The Labute approximate surface area is 160 Å². The van der Waals surface area contributed by atoms with Gasteiger partial charge in [-0.3, -0.25) is 9.59 Å². The van der Waals surface area contributed by atoms with Gasteiger partial charge in [0.05, 0.1) is 12.1 Å². The van der Waals surface area contributed by atoms with E-state index in [1.807, 2.05) is 54.6 Å². The standard InChI is InChI=1S/C20H18N2O4S/c1-13(19(21)24)25-18(23)11-15-12-27-20(22-15)14-6-5-9-17(10-14)26-16-7-3-2-4-8-16/h2-10,12-13H,11H2,1H3,(H2,21,24)/t13-/m1/s1. The summed E-state index contributed by atoms with van der Waals surface area (Å²) in [6.07, 6.45) is -0.976. The van der Waals surface area contributed by atoms with E-state index in [2.05, 4.69) is 4.98 Å². The van der Waals surface area contributed by atoms with Gasteiger partial charge in [0.15, 0.2) is 6.10 Å². The van der Waals surface area contributed by atoms with E-state index < -0.39 is 18.0 Å². The molecule has 1 heterocycles. The number of thiazole rings is 1. The summed E-state index contributed by atoms with van der Waals surface area (Å²) in [5, 5.41) is 2.55. The highest BCUT2D eigenvalue weighted by atomic mass is 32.1. The monoisotopic (exact) mass is 382 g/mol. The molecule has 0 aliphatic carbocycles. The van der Waals surface area contributed by atoms with Gasteiger partial charge in [0.1, 0.15) is 16.5 Å². The molecule has 3 aromatic rings. The molecule has 0 saturated heterocycles. The van der Waals surface area contributed by atoms with Crippen LogP contribution in [0.15, 0.2) is 60.0 Å². The number of nitrogens with two attached hydrogens (primary N) is 1. The Bertz CT molecular complexity index is 940. The summed E-state index contributed by atoms with van der Waals surface area (Å²) in [6.45, 7) is 1.44. The predicted octanol–water partition coefficient (Wildman–Crippen LogP) is 3.56. The molecule has 2 aromatic carbocycles. The number of aromatic nitrogens is 1. The van der Waals surface area contributed by atoms with Gasteiger partial charge in [-0.15, -0.1) is 11.3 Å². The number of rotatable bonds is 7. The summed E-state index contributed by atoms with van der Waals surface area (Å²) >= 11 is 1.42. The van der Waals surface area contributed by atoms with Crippen molar-refractivity contribution in [1.82, 2.24) is 4.98 Å². The summed E-state index contributed by atoms with van der Waals surface area (Å²) in [4.78, 5) is 27.3. The number of nitrogens with zero attached hydrogens (tertiary/aromatic N) is 1. The van der Waals surface area contributed by atoms with Gasteiger partial charge < -0.3 is 15.2 Å². The maximum Gasteiger partial charge on any atom is 0.312 e. The van der Waals surface area contributed by atoms with Gasteiger partial charge in [0.2, 0.25) is 0 Å². The minimum atomic E-state index is -0.956. The summed E-state index contributed by atoms with van der Waals surface area (Å²) < 4.78 is 10.8. The van der Waals surface area contributed by atoms with Crippen molar-refractivity contribution in [2.24, 2.45) is 5.73 Å². The number of hydrogen-bond acceptors (Lipinski definition) is 6. The number of hydrogen-bond donors (Lipinski definition) is 1. The smallest absolute Gasteiger partial charge is 0.312 e. The number of esters is 1. The van der Waals surface area contributed by atoms with Crippen molar-refractivity contribution in [2.45, 2.75) is 19.4 Å². The van der Waals surface area contributed by atoms with Crippen molar-refractivity contribution in [3.05, 3.63) is 65.7 Å². The van der Waals surface area contributed by atoms with Crippen LogP contribution < -0.4 is 10.5 Å². The Hall–Kier alpha value is -3.19. The fourth-order valence-corrected chi connectivity index (χ4v) is 3.10. The molecule has 0 radical (unpaired) electrons. The molecule has 0 spiro atoms. The second kappa shape index (κ2) is 8.46. The molecule has 1 amide bonds. The molecule has 0 fully saturated rings. The van der Waals surface area contributed by atoms with Crippen molar-refractivity contribution in [3.63, 3.8) is 0 Å². The number of para-hydroxylation sites is 1. The first-order chi connectivity index (χ1) is 13.0. The molecule has 2 N–H and O–H groups in total. The van der Waals surface area contributed by atoms with E-state index in [9.17, 15) is 9.59 Å². The molecule has 0 bridgehead atoms. The maximum atomic E-state index is 11.8. The number of ether oxygens (including phenoxy) is 2. The van der Waals surface area contributed by atoms with Crippen molar-refractivity contribution in [3.8, 4) is 22.1 Å². The predicted molar refractivity (Wildman–Crippen MR) is 103 cm³/mol. The van der Waals surface area contributed by atoms with Crippen molar-refractivity contribution in [2.75, 3.05) is 0 Å². The Kier molecular flexibility index (Phi) is 5.83. The SMILES string of the molecule is C[C@@H](OC(=O)Cc1csc(-c2cccc(Oc3ccccc3)c2)n1)C(N)=O. The van der Waals surface area contributed by atoms with Crippen LogP contribution in [0.1, 0.15) is 12.6 Å². The second-order valence-electron chi connectivity index (χ2n) is 5.80. The highest BCUT2D eigenvalue weighted by molar-refractivity contribution is 7.13. The first-order valence-electron chi connectivity index (χ1n) is 8.28. The zero-order valence-electron chi connectivity index (χ0n) is 14.6. The van der Waals surface area contributed by atoms with Crippen LogP contribution in [0.5, 0.6) is 11.5 Å². The summed E-state index contributed by atoms with van der Waals surface area (Å²) in [6, 6.07) is 17.1. The van der Waals surface area contributed by atoms with E-state index in [4.69, 9.17) is 15.2 Å². The third-order valence-electron chi connectivity index (χ3n) is 3.65. The molecule has 0 aliphatic heterocycles. The minimum Gasteiger partial charge on any atom is -0.457 e. The largest absolute Gasteiger partial charge is 0.457 e. The number of carbonyl (C=O) groups is 2. The second-order valence-corrected chi connectivity index (χ2v) is 6.66. The van der Waals surface area contributed by atoms with Crippen LogP contribution in [0.4, 0.5) is 0 Å². The van der Waals surface area contributed by atoms with Crippen LogP contribution in [0.3, 0.4) is 0 Å². The normalized spacial score (nSPS) is 11.6. The maximum absolute atomic E-state index is 11.8. The third kappa shape index (κ3) is 5.15. The zero-order valence-corrected chi connectivity index (χ0v) is 15.4. The van der Waals surface area contributed by atoms with Crippen LogP contribution in [-0.2, 0) is 20.7 Å². The van der Waals surface area contributed by atoms with Crippen LogP contribution in [0, 0.1) is 0 Å². The molecule has 138 valence electrons. The Morgan fingerprint density at radius 1 is 1.11 bits per heavy atom. The van der Waals surface area contributed by atoms with Crippen LogP contribution in [-0.4, -0.2) is 23.0 Å². The summed E-state index contributed by atoms with van der Waals surface area (Å²) in [5.41, 5.74) is 6.55. The van der Waals surface area contributed by atoms with Gasteiger partial charge in [-0.1, -0.05) is 30.3 Å². The average Bonchev–Trinajstić information content (AvgIpc) is 3.11. The van der Waals surface area contributed by atoms with Gasteiger partial charge in [-0.25, -0.2) is 4.98 Å². The van der Waals surface area contributed by atoms with Crippen molar-refractivity contribution >= 4 is 23.2 Å². The molecule has 27 heavy (non-hydrogen) atoms.